The summed E-state index contributed by atoms with van der Waals surface area (Å²) in [6, 6.07) is -0.0918. The van der Waals surface area contributed by atoms with E-state index in [0.29, 0.717) is 19.1 Å². The lowest BCUT2D eigenvalue weighted by Gasteiger charge is -2.33. The fourth-order valence-electron chi connectivity index (χ4n) is 2.50. The minimum Gasteiger partial charge on any atom is -0.340 e. The monoisotopic (exact) mass is 304 g/mol. The summed E-state index contributed by atoms with van der Waals surface area (Å²) in [6.45, 7) is 1.26. The van der Waals surface area contributed by atoms with Gasteiger partial charge in [-0.25, -0.2) is 4.79 Å². The number of rotatable bonds is 3. The minimum atomic E-state index is -0.388. The van der Waals surface area contributed by atoms with E-state index in [9.17, 15) is 14.4 Å². The van der Waals surface area contributed by atoms with E-state index in [1.807, 2.05) is 7.05 Å². The molecule has 0 spiro atoms. The standard InChI is InChI=1S/C12H20N4O3.ClH/c1-13-9-4-3-5-15(6-9)10(17)8-16-11(18)7-14(2)12(16)19;/h9,13H,3-8H2,1-2H3;1H. The van der Waals surface area contributed by atoms with Crippen LogP contribution in [-0.4, -0.2) is 78.9 Å². The molecule has 2 rings (SSSR count). The smallest absolute Gasteiger partial charge is 0.327 e. The average Bonchev–Trinajstić information content (AvgIpc) is 2.65. The highest BCUT2D eigenvalue weighted by molar-refractivity contribution is 6.04. The van der Waals surface area contributed by atoms with Crippen molar-refractivity contribution >= 4 is 30.3 Å². The summed E-state index contributed by atoms with van der Waals surface area (Å²) in [4.78, 5) is 39.5. The largest absolute Gasteiger partial charge is 0.340 e. The van der Waals surface area contributed by atoms with Crippen molar-refractivity contribution < 1.29 is 14.4 Å². The maximum atomic E-state index is 12.1. The maximum absolute atomic E-state index is 12.1. The number of amides is 4. The van der Waals surface area contributed by atoms with Gasteiger partial charge in [0.15, 0.2) is 0 Å². The quantitative estimate of drug-likeness (QED) is 0.714. The molecule has 1 N–H and O–H groups in total. The van der Waals surface area contributed by atoms with Crippen LogP contribution in [0, 0.1) is 0 Å². The van der Waals surface area contributed by atoms with E-state index in [0.717, 1.165) is 17.7 Å². The zero-order valence-corrected chi connectivity index (χ0v) is 12.6. The third-order valence-electron chi connectivity index (χ3n) is 3.71. The summed E-state index contributed by atoms with van der Waals surface area (Å²) in [5.41, 5.74) is 0. The van der Waals surface area contributed by atoms with Gasteiger partial charge in [-0.1, -0.05) is 0 Å². The van der Waals surface area contributed by atoms with Crippen LogP contribution in [0.5, 0.6) is 0 Å². The first-order valence-corrected chi connectivity index (χ1v) is 6.53. The zero-order valence-electron chi connectivity index (χ0n) is 11.8. The summed E-state index contributed by atoms with van der Waals surface area (Å²) in [7, 11) is 3.43. The molecule has 7 nitrogen and oxygen atoms in total. The summed E-state index contributed by atoms with van der Waals surface area (Å²) in [5.74, 6) is -0.458. The number of nitrogens with zero attached hydrogens (tertiary/aromatic N) is 3. The molecule has 0 radical (unpaired) electrons. The van der Waals surface area contributed by atoms with E-state index >= 15 is 0 Å². The van der Waals surface area contributed by atoms with Gasteiger partial charge in [-0.2, -0.15) is 0 Å². The number of urea groups is 1. The predicted molar refractivity (Wildman–Crippen MR) is 75.6 cm³/mol. The third kappa shape index (κ3) is 3.40. The molecule has 0 aromatic heterocycles. The van der Waals surface area contributed by atoms with E-state index in [1.54, 1.807) is 11.9 Å². The average molecular weight is 305 g/mol. The highest BCUT2D eigenvalue weighted by Gasteiger charge is 2.36. The number of likely N-dealkylation sites (N-methyl/N-ethyl adjacent to an activating group) is 2. The molecule has 0 aromatic rings. The lowest BCUT2D eigenvalue weighted by molar-refractivity contribution is -0.137. The number of nitrogens with one attached hydrogen (secondary N) is 1. The molecule has 0 bridgehead atoms. The SMILES string of the molecule is CNC1CCCN(C(=O)CN2C(=O)CN(C)C2=O)C1.Cl. The topological polar surface area (TPSA) is 73.0 Å². The fourth-order valence-corrected chi connectivity index (χ4v) is 2.50. The van der Waals surface area contributed by atoms with Crippen LogP contribution < -0.4 is 5.32 Å². The summed E-state index contributed by atoms with van der Waals surface area (Å²) in [5, 5.41) is 3.16. The number of piperidine rings is 1. The Morgan fingerprint density at radius 1 is 1.40 bits per heavy atom. The predicted octanol–water partition coefficient (Wildman–Crippen LogP) is -0.487. The van der Waals surface area contributed by atoms with Crippen LogP contribution in [0.25, 0.3) is 0 Å². The Morgan fingerprint density at radius 3 is 2.65 bits per heavy atom. The van der Waals surface area contributed by atoms with Crippen LogP contribution >= 0.6 is 12.4 Å². The van der Waals surface area contributed by atoms with E-state index < -0.39 is 0 Å². The summed E-state index contributed by atoms with van der Waals surface area (Å²) >= 11 is 0. The van der Waals surface area contributed by atoms with E-state index in [2.05, 4.69) is 5.32 Å². The first-order chi connectivity index (χ1) is 9.02. The zero-order chi connectivity index (χ0) is 14.0. The molecule has 1 atom stereocenters. The Kier molecular flexibility index (Phi) is 5.76. The van der Waals surface area contributed by atoms with Crippen molar-refractivity contribution in [2.75, 3.05) is 40.3 Å². The van der Waals surface area contributed by atoms with Crippen molar-refractivity contribution in [2.45, 2.75) is 18.9 Å². The maximum Gasteiger partial charge on any atom is 0.327 e. The molecule has 4 amide bonds. The highest BCUT2D eigenvalue weighted by atomic mass is 35.5. The Balaban J connectivity index is 0.00000200. The van der Waals surface area contributed by atoms with Gasteiger partial charge in [0.2, 0.25) is 5.91 Å². The van der Waals surface area contributed by atoms with Gasteiger partial charge in [-0.3, -0.25) is 14.5 Å². The second-order valence-electron chi connectivity index (χ2n) is 5.09. The van der Waals surface area contributed by atoms with E-state index in [1.165, 1.54) is 4.90 Å². The molecule has 0 aliphatic carbocycles. The Labute approximate surface area is 124 Å². The van der Waals surface area contributed by atoms with Crippen LogP contribution in [0.2, 0.25) is 0 Å². The van der Waals surface area contributed by atoms with Crippen LogP contribution in [0.15, 0.2) is 0 Å². The number of hydrogen-bond acceptors (Lipinski definition) is 4. The summed E-state index contributed by atoms with van der Waals surface area (Å²) < 4.78 is 0. The van der Waals surface area contributed by atoms with Crippen LogP contribution in [-0.2, 0) is 9.59 Å². The number of likely N-dealkylation sites (tertiary alicyclic amines) is 1. The first-order valence-electron chi connectivity index (χ1n) is 6.53. The van der Waals surface area contributed by atoms with Crippen molar-refractivity contribution in [1.82, 2.24) is 20.0 Å². The number of carbonyl (C=O) groups excluding carboxylic acids is 3. The Morgan fingerprint density at radius 2 is 2.10 bits per heavy atom. The second kappa shape index (κ2) is 6.90. The molecule has 2 saturated heterocycles. The molecule has 2 aliphatic rings. The second-order valence-corrected chi connectivity index (χ2v) is 5.09. The van der Waals surface area contributed by atoms with Crippen molar-refractivity contribution in [3.8, 4) is 0 Å². The molecule has 2 fully saturated rings. The molecule has 0 saturated carbocycles. The molecular weight excluding hydrogens is 284 g/mol. The lowest BCUT2D eigenvalue weighted by atomic mass is 10.1. The van der Waals surface area contributed by atoms with Crippen LogP contribution in [0.3, 0.4) is 0 Å². The lowest BCUT2D eigenvalue weighted by Crippen LogP contribution is -2.50. The van der Waals surface area contributed by atoms with Gasteiger partial charge in [-0.15, -0.1) is 12.4 Å². The van der Waals surface area contributed by atoms with Crippen LogP contribution in [0.4, 0.5) is 4.79 Å². The van der Waals surface area contributed by atoms with Gasteiger partial charge in [0.05, 0.1) is 0 Å². The number of halogens is 1. The molecule has 2 aliphatic heterocycles. The van der Waals surface area contributed by atoms with Crippen LogP contribution in [0.1, 0.15) is 12.8 Å². The highest BCUT2D eigenvalue weighted by Crippen LogP contribution is 2.12. The van der Waals surface area contributed by atoms with Crippen molar-refractivity contribution in [1.29, 1.82) is 0 Å². The molecule has 0 aromatic carbocycles. The fraction of sp³-hybridized carbons (Fsp3) is 0.750. The van der Waals surface area contributed by atoms with E-state index in [4.69, 9.17) is 0 Å². The van der Waals surface area contributed by atoms with Gasteiger partial charge in [0.25, 0.3) is 5.91 Å². The van der Waals surface area contributed by atoms with Gasteiger partial charge in [0.1, 0.15) is 13.1 Å². The van der Waals surface area contributed by atoms with Gasteiger partial charge >= 0.3 is 6.03 Å². The minimum absolute atomic E-state index is 0. The first kappa shape index (κ1) is 16.7. The Hall–Kier alpha value is -1.34. The third-order valence-corrected chi connectivity index (χ3v) is 3.71. The number of carbonyl (C=O) groups is 3. The molecule has 114 valence electrons. The van der Waals surface area contributed by atoms with E-state index in [-0.39, 0.29) is 43.3 Å². The summed E-state index contributed by atoms with van der Waals surface area (Å²) in [6.07, 6.45) is 1.99. The van der Waals surface area contributed by atoms with Crippen molar-refractivity contribution in [3.05, 3.63) is 0 Å². The molecule has 1 unspecified atom stereocenters. The number of hydrogen-bond donors (Lipinski definition) is 1. The van der Waals surface area contributed by atoms with Gasteiger partial charge in [0, 0.05) is 26.2 Å². The molecule has 2 heterocycles. The Bertz CT molecular complexity index is 404. The van der Waals surface area contributed by atoms with Crippen molar-refractivity contribution in [3.63, 3.8) is 0 Å². The van der Waals surface area contributed by atoms with Crippen molar-refractivity contribution in [2.24, 2.45) is 0 Å². The number of imide groups is 1. The van der Waals surface area contributed by atoms with Gasteiger partial charge < -0.3 is 15.1 Å². The normalized spacial score (nSPS) is 23.1. The molecule has 20 heavy (non-hydrogen) atoms. The molecular formula is C12H21ClN4O3. The van der Waals surface area contributed by atoms with Gasteiger partial charge in [-0.05, 0) is 19.9 Å². The molecule has 8 heteroatoms.